The molecular weight excluding hydrogens is 328 g/mol. The van der Waals surface area contributed by atoms with Gasteiger partial charge >= 0.3 is 5.97 Å². The molecule has 0 N–H and O–H groups in total. The average molecular weight is 344 g/mol. The topological polar surface area (TPSA) is 63.7 Å². The van der Waals surface area contributed by atoms with Gasteiger partial charge in [-0.15, -0.1) is 0 Å². The van der Waals surface area contributed by atoms with Gasteiger partial charge in [-0.1, -0.05) is 29.3 Å². The predicted molar refractivity (Wildman–Crippen MR) is 87.3 cm³/mol. The fourth-order valence-corrected chi connectivity index (χ4v) is 2.30. The molecule has 8 heteroatoms. The van der Waals surface area contributed by atoms with E-state index < -0.39 is 12.0 Å². The molecule has 1 atom stereocenters. The van der Waals surface area contributed by atoms with Crippen molar-refractivity contribution in [3.05, 3.63) is 33.8 Å². The Bertz CT molecular complexity index is 568. The lowest BCUT2D eigenvalue weighted by Crippen LogP contribution is -2.43. The van der Waals surface area contributed by atoms with Crippen LogP contribution in [0.5, 0.6) is 0 Å². The van der Waals surface area contributed by atoms with E-state index in [0.717, 1.165) is 5.56 Å². The van der Waals surface area contributed by atoms with Gasteiger partial charge in [0, 0.05) is 0 Å². The molecule has 0 aliphatic carbocycles. The third-order valence-electron chi connectivity index (χ3n) is 3.23. The average Bonchev–Trinajstić information content (AvgIpc) is 2.48. The van der Waals surface area contributed by atoms with Crippen molar-refractivity contribution >= 4 is 48.6 Å². The number of methoxy groups -OCH3 is 1. The Morgan fingerprint density at radius 1 is 1.36 bits per heavy atom. The molecule has 0 aliphatic heterocycles. The van der Waals surface area contributed by atoms with Crippen LogP contribution in [0.3, 0.4) is 0 Å². The van der Waals surface area contributed by atoms with Gasteiger partial charge in [0.15, 0.2) is 5.78 Å². The van der Waals surface area contributed by atoms with Crippen molar-refractivity contribution in [2.75, 3.05) is 14.2 Å². The third kappa shape index (κ3) is 5.44. The second kappa shape index (κ2) is 8.93. The number of ether oxygens (including phenoxy) is 1. The van der Waals surface area contributed by atoms with Gasteiger partial charge in [-0.2, -0.15) is 0 Å². The van der Waals surface area contributed by atoms with Gasteiger partial charge in [-0.05, 0) is 31.2 Å². The highest BCUT2D eigenvalue weighted by Gasteiger charge is 2.26. The van der Waals surface area contributed by atoms with Crippen molar-refractivity contribution < 1.29 is 19.1 Å². The van der Waals surface area contributed by atoms with Crippen molar-refractivity contribution in [2.45, 2.75) is 18.9 Å². The highest BCUT2D eigenvalue weighted by atomic mass is 35.5. The summed E-state index contributed by atoms with van der Waals surface area (Å²) in [5.74, 6) is -0.925. The lowest BCUT2D eigenvalue weighted by molar-refractivity contribution is -0.144. The van der Waals surface area contributed by atoms with Crippen molar-refractivity contribution in [2.24, 2.45) is 0 Å². The summed E-state index contributed by atoms with van der Waals surface area (Å²) >= 11 is 11.8. The minimum Gasteiger partial charge on any atom is -0.469 e. The zero-order valence-electron chi connectivity index (χ0n) is 12.3. The summed E-state index contributed by atoms with van der Waals surface area (Å²) in [5, 5.41) is 0.806. The van der Waals surface area contributed by atoms with Gasteiger partial charge in [0.1, 0.15) is 6.42 Å². The summed E-state index contributed by atoms with van der Waals surface area (Å²) in [6.45, 7) is 0. The Morgan fingerprint density at radius 2 is 2.05 bits per heavy atom. The summed E-state index contributed by atoms with van der Waals surface area (Å²) < 4.78 is 4.51. The second-order valence-corrected chi connectivity index (χ2v) is 5.61. The molecule has 0 aliphatic rings. The van der Waals surface area contributed by atoms with Crippen LogP contribution in [-0.2, 0) is 25.5 Å². The number of ketones is 1. The molecule has 5 nitrogen and oxygen atoms in total. The standard InChI is InChI=1S/C14H16BCl2NO4/c1-18(15-8-19)12(13(20)7-14(21)22-2)6-9-3-4-10(16)11(17)5-9/h3-5,8,12,15H,6-7H2,1-2H3/t12-/m1/s1. The zero-order chi connectivity index (χ0) is 16.7. The minimum atomic E-state index is -0.624. The molecule has 0 bridgehead atoms. The van der Waals surface area contributed by atoms with E-state index >= 15 is 0 Å². The molecule has 1 aromatic carbocycles. The molecule has 0 unspecified atom stereocenters. The van der Waals surface area contributed by atoms with E-state index in [1.807, 2.05) is 0 Å². The maximum atomic E-state index is 12.3. The number of likely N-dealkylation sites (N-methyl/N-ethyl adjacent to an activating group) is 1. The van der Waals surface area contributed by atoms with Crippen molar-refractivity contribution in [3.8, 4) is 0 Å². The van der Waals surface area contributed by atoms with E-state index in [-0.39, 0.29) is 19.6 Å². The number of halogens is 2. The lowest BCUT2D eigenvalue weighted by atomic mass is 9.88. The van der Waals surface area contributed by atoms with Crippen LogP contribution in [0.25, 0.3) is 0 Å². The van der Waals surface area contributed by atoms with Crippen LogP contribution in [0.2, 0.25) is 10.0 Å². The lowest BCUT2D eigenvalue weighted by Gasteiger charge is -2.25. The Morgan fingerprint density at radius 3 is 2.59 bits per heavy atom. The van der Waals surface area contributed by atoms with Crippen molar-refractivity contribution in [3.63, 3.8) is 0 Å². The Balaban J connectivity index is 2.94. The monoisotopic (exact) mass is 343 g/mol. The molecule has 1 aromatic rings. The molecule has 118 valence electrons. The Hall–Kier alpha value is -1.37. The third-order valence-corrected chi connectivity index (χ3v) is 3.96. The van der Waals surface area contributed by atoms with Gasteiger partial charge in [0.25, 0.3) is 7.41 Å². The molecular formula is C14H16BCl2NO4. The minimum absolute atomic E-state index is 0.0822. The van der Waals surface area contributed by atoms with Gasteiger partial charge in [0.05, 0.1) is 29.4 Å². The zero-order valence-corrected chi connectivity index (χ0v) is 13.9. The highest BCUT2D eigenvalue weighted by Crippen LogP contribution is 2.23. The number of nitrogens with zero attached hydrogens (tertiary/aromatic N) is 1. The molecule has 0 spiro atoms. The van der Waals surface area contributed by atoms with Crippen LogP contribution >= 0.6 is 23.2 Å². The molecule has 0 amide bonds. The molecule has 0 saturated heterocycles. The normalized spacial score (nSPS) is 11.9. The molecule has 0 heterocycles. The molecule has 0 saturated carbocycles. The number of Topliss-reactive ketones (excluding diaryl/α,β-unsaturated/α-hetero) is 1. The van der Waals surface area contributed by atoms with Crippen LogP contribution in [0.4, 0.5) is 0 Å². The fraction of sp³-hybridized carbons (Fsp3) is 0.357. The van der Waals surface area contributed by atoms with Gasteiger partial charge in [-0.3, -0.25) is 9.59 Å². The highest BCUT2D eigenvalue weighted by molar-refractivity contribution is 6.64. The number of carbonyl (C=O) groups is 3. The van der Waals surface area contributed by atoms with Gasteiger partial charge < -0.3 is 14.3 Å². The Kier molecular flexibility index (Phi) is 7.58. The predicted octanol–water partition coefficient (Wildman–Crippen LogP) is 1.51. The van der Waals surface area contributed by atoms with Crippen LogP contribution in [0.15, 0.2) is 18.2 Å². The first-order valence-electron chi connectivity index (χ1n) is 6.56. The summed E-state index contributed by atoms with van der Waals surface area (Å²) in [5.41, 5.74) is 0.787. The van der Waals surface area contributed by atoms with E-state index in [1.54, 1.807) is 30.1 Å². The summed E-state index contributed by atoms with van der Waals surface area (Å²) in [6, 6.07) is 4.43. The maximum Gasteiger partial charge on any atom is 0.313 e. The number of rotatable bonds is 8. The quantitative estimate of drug-likeness (QED) is 0.310. The van der Waals surface area contributed by atoms with E-state index in [1.165, 1.54) is 7.11 Å². The van der Waals surface area contributed by atoms with Crippen LogP contribution in [0, 0.1) is 0 Å². The molecule has 0 radical (unpaired) electrons. The van der Waals surface area contributed by atoms with Crippen LogP contribution in [0.1, 0.15) is 12.0 Å². The largest absolute Gasteiger partial charge is 0.469 e. The summed E-state index contributed by atoms with van der Waals surface area (Å²) in [4.78, 5) is 35.8. The smallest absolute Gasteiger partial charge is 0.313 e. The SMILES string of the molecule is COC(=O)CC(=O)[C@@H](Cc1ccc(Cl)c(Cl)c1)N(C)BC=O. The van der Waals surface area contributed by atoms with Crippen LogP contribution in [-0.4, -0.2) is 50.4 Å². The number of carbonyl (C=O) groups excluding carboxylic acids is 3. The number of hydrogen-bond acceptors (Lipinski definition) is 5. The summed E-state index contributed by atoms with van der Waals surface area (Å²) in [7, 11) is 2.95. The van der Waals surface area contributed by atoms with Gasteiger partial charge in [-0.25, -0.2) is 0 Å². The van der Waals surface area contributed by atoms with Crippen LogP contribution < -0.4 is 0 Å². The summed E-state index contributed by atoms with van der Waals surface area (Å²) in [6.07, 6.45) is 0.677. The molecule has 0 fully saturated rings. The number of benzene rings is 1. The first kappa shape index (κ1) is 18.7. The number of hydrogen-bond donors (Lipinski definition) is 0. The maximum absolute atomic E-state index is 12.3. The van der Waals surface area contributed by atoms with E-state index in [2.05, 4.69) is 4.74 Å². The van der Waals surface area contributed by atoms with Gasteiger partial charge in [0.2, 0.25) is 0 Å². The molecule has 22 heavy (non-hydrogen) atoms. The van der Waals surface area contributed by atoms with Crippen molar-refractivity contribution in [1.82, 2.24) is 4.81 Å². The second-order valence-electron chi connectivity index (χ2n) is 4.79. The Labute approximate surface area is 139 Å². The fourth-order valence-electron chi connectivity index (χ4n) is 1.98. The first-order chi connectivity index (χ1) is 10.4. The van der Waals surface area contributed by atoms with E-state index in [4.69, 9.17) is 23.2 Å². The molecule has 1 rings (SSSR count). The first-order valence-corrected chi connectivity index (χ1v) is 7.32. The van der Waals surface area contributed by atoms with Crippen molar-refractivity contribution in [1.29, 1.82) is 0 Å². The van der Waals surface area contributed by atoms with E-state index in [0.29, 0.717) is 22.7 Å². The van der Waals surface area contributed by atoms with E-state index in [9.17, 15) is 14.4 Å². The number of esters is 1. The molecule has 0 aromatic heterocycles.